The highest BCUT2D eigenvalue weighted by molar-refractivity contribution is 5.94. The van der Waals surface area contributed by atoms with E-state index in [2.05, 4.69) is 24.1 Å². The minimum atomic E-state index is 0.0374. The Bertz CT molecular complexity index is 445. The topological polar surface area (TPSA) is 32.3 Å². The maximum absolute atomic E-state index is 12.0. The maximum atomic E-state index is 12.0. The average molecular weight is 288 g/mol. The molecular formula is C18H28N2O. The van der Waals surface area contributed by atoms with Crippen LogP contribution in [0, 0.1) is 18.8 Å². The minimum absolute atomic E-state index is 0.0374. The molecule has 1 aliphatic heterocycles. The van der Waals surface area contributed by atoms with Gasteiger partial charge in [0.05, 0.1) is 0 Å². The standard InChI is InChI=1S/C18H28N2O/c1-14-5-7-17(8-6-14)18(21)19-9-4-10-20-12-15(2)11-16(3)13-20/h5-8,15-16H,4,9-13H2,1-3H3,(H,19,21)/t15-,16-/m0/s1. The number of carbonyl (C=O) groups is 1. The number of carbonyl (C=O) groups excluding carboxylic acids is 1. The van der Waals surface area contributed by atoms with Crippen LogP contribution in [0.1, 0.15) is 42.6 Å². The van der Waals surface area contributed by atoms with E-state index in [9.17, 15) is 4.79 Å². The lowest BCUT2D eigenvalue weighted by Gasteiger charge is -2.34. The van der Waals surface area contributed by atoms with Gasteiger partial charge in [0, 0.05) is 25.2 Å². The van der Waals surface area contributed by atoms with Crippen molar-refractivity contribution in [2.24, 2.45) is 11.8 Å². The summed E-state index contributed by atoms with van der Waals surface area (Å²) in [7, 11) is 0. The van der Waals surface area contributed by atoms with E-state index in [1.54, 1.807) is 0 Å². The Labute approximate surface area is 128 Å². The summed E-state index contributed by atoms with van der Waals surface area (Å²) in [6.07, 6.45) is 2.37. The summed E-state index contributed by atoms with van der Waals surface area (Å²) in [6.45, 7) is 11.0. The van der Waals surface area contributed by atoms with E-state index >= 15 is 0 Å². The fourth-order valence-electron chi connectivity index (χ4n) is 3.29. The van der Waals surface area contributed by atoms with E-state index in [4.69, 9.17) is 0 Å². The van der Waals surface area contributed by atoms with Gasteiger partial charge in [-0.2, -0.15) is 0 Å². The van der Waals surface area contributed by atoms with Crippen LogP contribution in [0.2, 0.25) is 0 Å². The molecule has 1 aliphatic rings. The number of likely N-dealkylation sites (tertiary alicyclic amines) is 1. The summed E-state index contributed by atoms with van der Waals surface area (Å²) in [5, 5.41) is 3.01. The molecule has 1 heterocycles. The molecule has 21 heavy (non-hydrogen) atoms. The predicted octanol–water partition coefficient (Wildman–Crippen LogP) is 3.09. The van der Waals surface area contributed by atoms with Crippen LogP contribution in [0.25, 0.3) is 0 Å². The lowest BCUT2D eigenvalue weighted by molar-refractivity contribution is 0.0947. The first-order valence-electron chi connectivity index (χ1n) is 8.12. The molecule has 1 amide bonds. The fourth-order valence-corrected chi connectivity index (χ4v) is 3.29. The Morgan fingerprint density at radius 3 is 2.43 bits per heavy atom. The van der Waals surface area contributed by atoms with Crippen LogP contribution in [-0.2, 0) is 0 Å². The minimum Gasteiger partial charge on any atom is -0.352 e. The van der Waals surface area contributed by atoms with E-state index in [-0.39, 0.29) is 5.91 Å². The number of piperidine rings is 1. The smallest absolute Gasteiger partial charge is 0.251 e. The van der Waals surface area contributed by atoms with Crippen LogP contribution in [0.15, 0.2) is 24.3 Å². The van der Waals surface area contributed by atoms with Gasteiger partial charge in [-0.3, -0.25) is 4.79 Å². The summed E-state index contributed by atoms with van der Waals surface area (Å²) in [6, 6.07) is 7.73. The molecule has 0 radical (unpaired) electrons. The molecular weight excluding hydrogens is 260 g/mol. The normalized spacial score (nSPS) is 23.0. The second kappa shape index (κ2) is 7.60. The molecule has 1 aromatic rings. The Morgan fingerprint density at radius 2 is 1.81 bits per heavy atom. The molecule has 1 aromatic carbocycles. The Morgan fingerprint density at radius 1 is 1.19 bits per heavy atom. The van der Waals surface area contributed by atoms with Crippen molar-refractivity contribution in [3.63, 3.8) is 0 Å². The van der Waals surface area contributed by atoms with Gasteiger partial charge in [-0.05, 0) is 50.3 Å². The Balaban J connectivity index is 1.67. The molecule has 3 nitrogen and oxygen atoms in total. The molecule has 2 rings (SSSR count). The summed E-state index contributed by atoms with van der Waals surface area (Å²) in [5.41, 5.74) is 1.93. The van der Waals surface area contributed by atoms with Crippen LogP contribution in [0.5, 0.6) is 0 Å². The number of hydrogen-bond donors (Lipinski definition) is 1. The number of nitrogens with one attached hydrogen (secondary N) is 1. The molecule has 0 aliphatic carbocycles. The van der Waals surface area contributed by atoms with Crippen LogP contribution in [0.4, 0.5) is 0 Å². The molecule has 0 spiro atoms. The Hall–Kier alpha value is -1.35. The summed E-state index contributed by atoms with van der Waals surface area (Å²) in [5.74, 6) is 1.64. The van der Waals surface area contributed by atoms with Crippen molar-refractivity contribution in [3.8, 4) is 0 Å². The molecule has 3 heteroatoms. The van der Waals surface area contributed by atoms with Gasteiger partial charge in [0.2, 0.25) is 0 Å². The zero-order valence-corrected chi connectivity index (χ0v) is 13.6. The van der Waals surface area contributed by atoms with E-state index in [0.717, 1.165) is 36.9 Å². The van der Waals surface area contributed by atoms with Crippen molar-refractivity contribution in [2.45, 2.75) is 33.6 Å². The lowest BCUT2D eigenvalue weighted by atomic mass is 9.92. The van der Waals surface area contributed by atoms with E-state index in [1.165, 1.54) is 25.1 Å². The average Bonchev–Trinajstić information content (AvgIpc) is 2.43. The van der Waals surface area contributed by atoms with Crippen LogP contribution in [0.3, 0.4) is 0 Å². The van der Waals surface area contributed by atoms with Gasteiger partial charge in [0.25, 0.3) is 5.91 Å². The number of nitrogens with zero attached hydrogens (tertiary/aromatic N) is 1. The highest BCUT2D eigenvalue weighted by atomic mass is 16.1. The third kappa shape index (κ3) is 5.16. The van der Waals surface area contributed by atoms with Gasteiger partial charge in [0.15, 0.2) is 0 Å². The second-order valence-corrected chi connectivity index (χ2v) is 6.68. The molecule has 1 saturated heterocycles. The molecule has 2 atom stereocenters. The first-order chi connectivity index (χ1) is 10.0. The molecule has 0 aromatic heterocycles. The highest BCUT2D eigenvalue weighted by Crippen LogP contribution is 2.20. The van der Waals surface area contributed by atoms with Crippen LogP contribution in [-0.4, -0.2) is 37.0 Å². The third-order valence-corrected chi connectivity index (χ3v) is 4.19. The lowest BCUT2D eigenvalue weighted by Crippen LogP contribution is -2.40. The van der Waals surface area contributed by atoms with Gasteiger partial charge in [-0.15, -0.1) is 0 Å². The summed E-state index contributed by atoms with van der Waals surface area (Å²) in [4.78, 5) is 14.5. The second-order valence-electron chi connectivity index (χ2n) is 6.68. The molecule has 116 valence electrons. The van der Waals surface area contributed by atoms with Gasteiger partial charge in [-0.1, -0.05) is 31.5 Å². The van der Waals surface area contributed by atoms with E-state index in [1.807, 2.05) is 31.2 Å². The fraction of sp³-hybridized carbons (Fsp3) is 0.611. The third-order valence-electron chi connectivity index (χ3n) is 4.19. The van der Waals surface area contributed by atoms with Crippen LogP contribution >= 0.6 is 0 Å². The van der Waals surface area contributed by atoms with Crippen molar-refractivity contribution in [1.29, 1.82) is 0 Å². The number of amides is 1. The largest absolute Gasteiger partial charge is 0.352 e. The first-order valence-corrected chi connectivity index (χ1v) is 8.12. The predicted molar refractivity (Wildman–Crippen MR) is 87.5 cm³/mol. The van der Waals surface area contributed by atoms with Crippen molar-refractivity contribution < 1.29 is 4.79 Å². The summed E-state index contributed by atoms with van der Waals surface area (Å²) < 4.78 is 0. The van der Waals surface area contributed by atoms with E-state index in [0.29, 0.717) is 0 Å². The Kier molecular flexibility index (Phi) is 5.80. The zero-order valence-electron chi connectivity index (χ0n) is 13.6. The maximum Gasteiger partial charge on any atom is 0.251 e. The molecule has 1 N–H and O–H groups in total. The van der Waals surface area contributed by atoms with E-state index < -0.39 is 0 Å². The van der Waals surface area contributed by atoms with Gasteiger partial charge >= 0.3 is 0 Å². The molecule has 0 unspecified atom stereocenters. The molecule has 0 bridgehead atoms. The van der Waals surface area contributed by atoms with Crippen LogP contribution < -0.4 is 5.32 Å². The van der Waals surface area contributed by atoms with Crippen molar-refractivity contribution >= 4 is 5.91 Å². The number of aryl methyl sites for hydroxylation is 1. The molecule has 1 fully saturated rings. The summed E-state index contributed by atoms with van der Waals surface area (Å²) >= 11 is 0. The number of benzene rings is 1. The van der Waals surface area contributed by atoms with Gasteiger partial charge < -0.3 is 10.2 Å². The highest BCUT2D eigenvalue weighted by Gasteiger charge is 2.20. The van der Waals surface area contributed by atoms with Crippen molar-refractivity contribution in [3.05, 3.63) is 35.4 Å². The quantitative estimate of drug-likeness (QED) is 0.844. The first kappa shape index (κ1) is 16.0. The number of hydrogen-bond acceptors (Lipinski definition) is 2. The number of rotatable bonds is 5. The monoisotopic (exact) mass is 288 g/mol. The van der Waals surface area contributed by atoms with Gasteiger partial charge in [0.1, 0.15) is 0 Å². The van der Waals surface area contributed by atoms with Crippen molar-refractivity contribution in [2.75, 3.05) is 26.2 Å². The SMILES string of the molecule is Cc1ccc(C(=O)NCCCN2C[C@@H](C)C[C@H](C)C2)cc1. The van der Waals surface area contributed by atoms with Gasteiger partial charge in [-0.25, -0.2) is 0 Å². The molecule has 0 saturated carbocycles. The van der Waals surface area contributed by atoms with Crippen molar-refractivity contribution in [1.82, 2.24) is 10.2 Å². The zero-order chi connectivity index (χ0) is 15.2.